The van der Waals surface area contributed by atoms with Gasteiger partial charge in [-0.05, 0) is 25.2 Å². The zero-order valence-corrected chi connectivity index (χ0v) is 7.16. The van der Waals surface area contributed by atoms with Gasteiger partial charge in [0, 0.05) is 6.04 Å². The van der Waals surface area contributed by atoms with Gasteiger partial charge in [-0.25, -0.2) is 4.79 Å². The van der Waals surface area contributed by atoms with Gasteiger partial charge in [-0.15, -0.1) is 0 Å². The fourth-order valence-electron chi connectivity index (χ4n) is 1.60. The molecule has 1 unspecified atom stereocenters. The summed E-state index contributed by atoms with van der Waals surface area (Å²) < 4.78 is 0. The molecule has 1 amide bonds. The molecule has 0 aromatic heterocycles. The number of nitrogens with one attached hydrogen (secondary N) is 1. The molecule has 0 saturated heterocycles. The Labute approximate surface area is 71.6 Å². The maximum Gasteiger partial charge on any atom is 0.404 e. The Morgan fingerprint density at radius 1 is 1.50 bits per heavy atom. The summed E-state index contributed by atoms with van der Waals surface area (Å²) in [6.07, 6.45) is 0.932. The van der Waals surface area contributed by atoms with Crippen molar-refractivity contribution in [2.75, 3.05) is 0 Å². The van der Waals surface area contributed by atoms with Crippen LogP contribution in [0.15, 0.2) is 0 Å². The van der Waals surface area contributed by atoms with Crippen LogP contribution in [0.2, 0.25) is 0 Å². The van der Waals surface area contributed by atoms with Gasteiger partial charge in [-0.2, -0.15) is 0 Å². The highest BCUT2D eigenvalue weighted by molar-refractivity contribution is 5.64. The Bertz CT molecular complexity index is 172. The van der Waals surface area contributed by atoms with Crippen molar-refractivity contribution < 1.29 is 15.0 Å². The van der Waals surface area contributed by atoms with Gasteiger partial charge < -0.3 is 15.5 Å². The van der Waals surface area contributed by atoms with Crippen LogP contribution in [-0.4, -0.2) is 28.5 Å². The molecular formula is C8H15NO3. The van der Waals surface area contributed by atoms with Crippen LogP contribution in [0.5, 0.6) is 0 Å². The first-order valence-corrected chi connectivity index (χ1v) is 4.27. The van der Waals surface area contributed by atoms with E-state index in [1.54, 1.807) is 0 Å². The lowest BCUT2D eigenvalue weighted by Gasteiger charge is -2.30. The fraction of sp³-hybridized carbons (Fsp3) is 0.875. The summed E-state index contributed by atoms with van der Waals surface area (Å²) in [5.74, 6) is 0.303. The van der Waals surface area contributed by atoms with E-state index in [0.717, 1.165) is 12.8 Å². The maximum absolute atomic E-state index is 10.3. The molecule has 1 rings (SSSR count). The van der Waals surface area contributed by atoms with Crippen molar-refractivity contribution in [1.29, 1.82) is 0 Å². The first kappa shape index (κ1) is 9.32. The number of aliphatic hydroxyl groups excluding tert-OH is 1. The molecule has 0 radical (unpaired) electrons. The normalized spacial score (nSPS) is 36.0. The second kappa shape index (κ2) is 3.76. The van der Waals surface area contributed by atoms with E-state index in [4.69, 9.17) is 5.11 Å². The number of carboxylic acid groups (broad SMARTS) is 1. The molecule has 0 spiro atoms. The SMILES string of the molecule is C[C@H]1CCC(NC(=O)O)C[C@@H]1O. The molecule has 1 saturated carbocycles. The summed E-state index contributed by atoms with van der Waals surface area (Å²) in [7, 11) is 0. The average Bonchev–Trinajstić information content (AvgIpc) is 1.96. The van der Waals surface area contributed by atoms with Crippen LogP contribution in [0.25, 0.3) is 0 Å². The minimum absolute atomic E-state index is 0.0614. The Morgan fingerprint density at radius 3 is 2.67 bits per heavy atom. The molecule has 4 heteroatoms. The minimum Gasteiger partial charge on any atom is -0.465 e. The van der Waals surface area contributed by atoms with Crippen molar-refractivity contribution in [3.63, 3.8) is 0 Å². The van der Waals surface area contributed by atoms with E-state index >= 15 is 0 Å². The third-order valence-electron chi connectivity index (χ3n) is 2.48. The van der Waals surface area contributed by atoms with Crippen LogP contribution in [0, 0.1) is 5.92 Å². The second-order valence-corrected chi connectivity index (χ2v) is 3.50. The third kappa shape index (κ3) is 2.37. The second-order valence-electron chi connectivity index (χ2n) is 3.50. The monoisotopic (exact) mass is 173 g/mol. The summed E-state index contributed by atoms with van der Waals surface area (Å²) in [4.78, 5) is 10.3. The molecule has 12 heavy (non-hydrogen) atoms. The Hall–Kier alpha value is -0.770. The van der Waals surface area contributed by atoms with Crippen molar-refractivity contribution in [3.05, 3.63) is 0 Å². The zero-order chi connectivity index (χ0) is 9.14. The van der Waals surface area contributed by atoms with E-state index in [0.29, 0.717) is 12.3 Å². The lowest BCUT2D eigenvalue weighted by atomic mass is 9.85. The summed E-state index contributed by atoms with van der Waals surface area (Å²) in [5.41, 5.74) is 0. The number of rotatable bonds is 1. The van der Waals surface area contributed by atoms with Gasteiger partial charge in [0.05, 0.1) is 6.10 Å². The van der Waals surface area contributed by atoms with E-state index in [9.17, 15) is 9.90 Å². The first-order valence-electron chi connectivity index (χ1n) is 4.27. The summed E-state index contributed by atoms with van der Waals surface area (Å²) >= 11 is 0. The maximum atomic E-state index is 10.3. The highest BCUT2D eigenvalue weighted by Gasteiger charge is 2.26. The predicted octanol–water partition coefficient (Wildman–Crippen LogP) is 0.804. The largest absolute Gasteiger partial charge is 0.465 e. The van der Waals surface area contributed by atoms with E-state index in [1.165, 1.54) is 0 Å². The molecule has 0 aromatic rings. The van der Waals surface area contributed by atoms with Gasteiger partial charge in [-0.1, -0.05) is 6.92 Å². The summed E-state index contributed by atoms with van der Waals surface area (Å²) in [6.45, 7) is 1.99. The molecule has 0 heterocycles. The summed E-state index contributed by atoms with van der Waals surface area (Å²) in [5, 5.41) is 20.2. The molecule has 70 valence electrons. The van der Waals surface area contributed by atoms with Crippen LogP contribution in [0.4, 0.5) is 4.79 Å². The molecule has 3 atom stereocenters. The number of carbonyl (C=O) groups is 1. The minimum atomic E-state index is -0.998. The standard InChI is InChI=1S/C8H15NO3/c1-5-2-3-6(4-7(5)10)9-8(11)12/h5-7,9-10H,2-4H2,1H3,(H,11,12)/t5-,6?,7-/m0/s1. The fourth-order valence-corrected chi connectivity index (χ4v) is 1.60. The molecule has 1 aliphatic rings. The van der Waals surface area contributed by atoms with Crippen molar-refractivity contribution in [2.45, 2.75) is 38.3 Å². The molecule has 0 aromatic carbocycles. The van der Waals surface area contributed by atoms with Gasteiger partial charge in [0.1, 0.15) is 0 Å². The van der Waals surface area contributed by atoms with Gasteiger partial charge >= 0.3 is 6.09 Å². The molecule has 1 aliphatic carbocycles. The lowest BCUT2D eigenvalue weighted by molar-refractivity contribution is 0.0634. The van der Waals surface area contributed by atoms with Crippen LogP contribution >= 0.6 is 0 Å². The molecule has 4 nitrogen and oxygen atoms in total. The molecule has 1 fully saturated rings. The van der Waals surface area contributed by atoms with Crippen LogP contribution < -0.4 is 5.32 Å². The van der Waals surface area contributed by atoms with Gasteiger partial charge in [0.2, 0.25) is 0 Å². The topological polar surface area (TPSA) is 69.6 Å². The Balaban J connectivity index is 2.35. The third-order valence-corrected chi connectivity index (χ3v) is 2.48. The summed E-state index contributed by atoms with van der Waals surface area (Å²) in [6, 6.07) is -0.0614. The average molecular weight is 173 g/mol. The Kier molecular flexibility index (Phi) is 2.92. The number of aliphatic hydroxyl groups is 1. The van der Waals surface area contributed by atoms with Crippen LogP contribution in [0.1, 0.15) is 26.2 Å². The molecule has 0 bridgehead atoms. The number of hydrogen-bond donors (Lipinski definition) is 3. The van der Waals surface area contributed by atoms with Gasteiger partial charge in [0.15, 0.2) is 0 Å². The molecular weight excluding hydrogens is 158 g/mol. The number of hydrogen-bond acceptors (Lipinski definition) is 2. The first-order chi connectivity index (χ1) is 5.59. The van der Waals surface area contributed by atoms with Crippen molar-refractivity contribution >= 4 is 6.09 Å². The van der Waals surface area contributed by atoms with E-state index in [2.05, 4.69) is 5.32 Å². The zero-order valence-electron chi connectivity index (χ0n) is 7.16. The van der Waals surface area contributed by atoms with E-state index in [1.807, 2.05) is 6.92 Å². The highest BCUT2D eigenvalue weighted by Crippen LogP contribution is 2.23. The van der Waals surface area contributed by atoms with Crippen molar-refractivity contribution in [1.82, 2.24) is 5.32 Å². The van der Waals surface area contributed by atoms with Crippen molar-refractivity contribution in [3.8, 4) is 0 Å². The van der Waals surface area contributed by atoms with E-state index in [-0.39, 0.29) is 12.1 Å². The van der Waals surface area contributed by atoms with Gasteiger partial charge in [0.25, 0.3) is 0 Å². The van der Waals surface area contributed by atoms with E-state index < -0.39 is 6.09 Å². The van der Waals surface area contributed by atoms with Crippen LogP contribution in [-0.2, 0) is 0 Å². The number of amides is 1. The molecule has 0 aliphatic heterocycles. The smallest absolute Gasteiger partial charge is 0.404 e. The highest BCUT2D eigenvalue weighted by atomic mass is 16.4. The van der Waals surface area contributed by atoms with Crippen LogP contribution in [0.3, 0.4) is 0 Å². The van der Waals surface area contributed by atoms with Crippen molar-refractivity contribution in [2.24, 2.45) is 5.92 Å². The predicted molar refractivity (Wildman–Crippen MR) is 44.0 cm³/mol. The Morgan fingerprint density at radius 2 is 2.17 bits per heavy atom. The van der Waals surface area contributed by atoms with Gasteiger partial charge in [-0.3, -0.25) is 0 Å². The quantitative estimate of drug-likeness (QED) is 0.549. The lowest BCUT2D eigenvalue weighted by Crippen LogP contribution is -2.41. The molecule has 3 N–H and O–H groups in total.